The number of anilines is 1. The topological polar surface area (TPSA) is 75.0 Å². The molecule has 4 rings (SSSR count). The van der Waals surface area contributed by atoms with Gasteiger partial charge in [-0.25, -0.2) is 0 Å². The largest absolute Gasteiger partial charge is 0.504 e. The number of carbonyl (C=O) groups is 1. The SMILES string of the molecule is CCOc1cc([C@H]2NC(=O)c3c(sc4c3CC[NH+](CC)C4)N2)ccc1O. The molecule has 0 radical (unpaired) electrons. The van der Waals surface area contributed by atoms with Crippen molar-refractivity contribution in [2.45, 2.75) is 33.0 Å². The van der Waals surface area contributed by atoms with E-state index in [0.29, 0.717) is 12.4 Å². The van der Waals surface area contributed by atoms with Gasteiger partial charge in [0, 0.05) is 6.42 Å². The van der Waals surface area contributed by atoms with Gasteiger partial charge in [-0.05, 0) is 37.1 Å². The molecule has 0 saturated heterocycles. The highest BCUT2D eigenvalue weighted by Crippen LogP contribution is 2.40. The predicted octanol–water partition coefficient (Wildman–Crippen LogP) is 1.67. The molecule has 0 fully saturated rings. The van der Waals surface area contributed by atoms with Crippen LogP contribution in [0.2, 0.25) is 0 Å². The number of hydrogen-bond acceptors (Lipinski definition) is 5. The minimum Gasteiger partial charge on any atom is -0.504 e. The number of fused-ring (bicyclic) bond motifs is 3. The Labute approximate surface area is 156 Å². The molecule has 6 nitrogen and oxygen atoms in total. The fourth-order valence-electron chi connectivity index (χ4n) is 3.70. The van der Waals surface area contributed by atoms with E-state index in [-0.39, 0.29) is 17.8 Å². The van der Waals surface area contributed by atoms with Gasteiger partial charge in [0.1, 0.15) is 17.7 Å². The van der Waals surface area contributed by atoms with Gasteiger partial charge in [-0.3, -0.25) is 4.79 Å². The van der Waals surface area contributed by atoms with Gasteiger partial charge in [0.05, 0.1) is 30.1 Å². The molecular weight excluding hydrogens is 350 g/mol. The standard InChI is InChI=1S/C19H23N3O3S/c1-3-22-8-7-12-15(10-22)26-19-16(12)18(24)20-17(21-19)11-5-6-13(23)14(9-11)25-4-2/h5-6,9,17,21,23H,3-4,7-8,10H2,1-2H3,(H,20,24)/p+1/t17-/m0/s1. The fraction of sp³-hybridized carbons (Fsp3) is 0.421. The molecule has 0 saturated carbocycles. The van der Waals surface area contributed by atoms with Gasteiger partial charge in [0.2, 0.25) is 0 Å². The van der Waals surface area contributed by atoms with Crippen LogP contribution in [0.25, 0.3) is 0 Å². The van der Waals surface area contributed by atoms with E-state index in [1.807, 2.05) is 6.92 Å². The van der Waals surface area contributed by atoms with Gasteiger partial charge in [0.15, 0.2) is 11.5 Å². The number of benzene rings is 1. The van der Waals surface area contributed by atoms with Crippen LogP contribution in [0.1, 0.15) is 46.4 Å². The molecule has 1 aromatic heterocycles. The first-order valence-electron chi connectivity index (χ1n) is 9.11. The van der Waals surface area contributed by atoms with Crippen molar-refractivity contribution in [1.82, 2.24) is 5.32 Å². The molecule has 2 aliphatic rings. The minimum atomic E-state index is -0.329. The number of thiophene rings is 1. The van der Waals surface area contributed by atoms with Gasteiger partial charge < -0.3 is 25.4 Å². The first kappa shape index (κ1) is 17.2. The number of amides is 1. The number of phenols is 1. The minimum absolute atomic E-state index is 0.0211. The molecule has 0 bridgehead atoms. The summed E-state index contributed by atoms with van der Waals surface area (Å²) in [5, 5.41) is 17.4. The van der Waals surface area contributed by atoms with Crippen molar-refractivity contribution in [3.05, 3.63) is 39.8 Å². The summed E-state index contributed by atoms with van der Waals surface area (Å²) in [4.78, 5) is 15.7. The lowest BCUT2D eigenvalue weighted by atomic mass is 10.0. The molecule has 2 aromatic rings. The lowest BCUT2D eigenvalue weighted by Gasteiger charge is -2.27. The quantitative estimate of drug-likeness (QED) is 0.657. The molecule has 1 unspecified atom stereocenters. The lowest BCUT2D eigenvalue weighted by molar-refractivity contribution is -0.913. The highest BCUT2D eigenvalue weighted by molar-refractivity contribution is 7.16. The van der Waals surface area contributed by atoms with Crippen LogP contribution in [0.4, 0.5) is 5.00 Å². The van der Waals surface area contributed by atoms with Crippen LogP contribution in [0.3, 0.4) is 0 Å². The third-order valence-electron chi connectivity index (χ3n) is 5.12. The summed E-state index contributed by atoms with van der Waals surface area (Å²) in [6.45, 7) is 7.74. The second-order valence-corrected chi connectivity index (χ2v) is 7.80. The second-order valence-electron chi connectivity index (χ2n) is 6.70. The number of aromatic hydroxyl groups is 1. The number of ether oxygens (including phenoxy) is 1. The van der Waals surface area contributed by atoms with Gasteiger partial charge in [-0.15, -0.1) is 11.3 Å². The zero-order valence-corrected chi connectivity index (χ0v) is 15.8. The Hall–Kier alpha value is -2.25. The number of nitrogens with one attached hydrogen (secondary N) is 3. The van der Waals surface area contributed by atoms with Crippen molar-refractivity contribution in [3.8, 4) is 11.5 Å². The highest BCUT2D eigenvalue weighted by atomic mass is 32.1. The Bertz CT molecular complexity index is 849. The summed E-state index contributed by atoms with van der Waals surface area (Å²) in [5.41, 5.74) is 2.89. The maximum absolute atomic E-state index is 12.8. The number of hydrogen-bond donors (Lipinski definition) is 4. The summed E-state index contributed by atoms with van der Waals surface area (Å²) in [5.74, 6) is 0.513. The van der Waals surface area contributed by atoms with Crippen LogP contribution in [-0.4, -0.2) is 30.7 Å². The maximum atomic E-state index is 12.8. The van der Waals surface area contributed by atoms with E-state index in [9.17, 15) is 9.90 Å². The number of carbonyl (C=O) groups excluding carboxylic acids is 1. The van der Waals surface area contributed by atoms with Gasteiger partial charge in [-0.2, -0.15) is 0 Å². The third-order valence-corrected chi connectivity index (χ3v) is 6.29. The lowest BCUT2D eigenvalue weighted by Crippen LogP contribution is -3.11. The van der Waals surface area contributed by atoms with Crippen LogP contribution in [0.15, 0.2) is 18.2 Å². The van der Waals surface area contributed by atoms with Crippen LogP contribution < -0.4 is 20.3 Å². The summed E-state index contributed by atoms with van der Waals surface area (Å²) >= 11 is 1.70. The highest BCUT2D eigenvalue weighted by Gasteiger charge is 2.34. The van der Waals surface area contributed by atoms with Gasteiger partial charge in [0.25, 0.3) is 5.91 Å². The Balaban J connectivity index is 1.64. The molecule has 4 N–H and O–H groups in total. The Morgan fingerprint density at radius 1 is 1.35 bits per heavy atom. The van der Waals surface area contributed by atoms with E-state index in [1.165, 1.54) is 10.4 Å². The molecule has 138 valence electrons. The summed E-state index contributed by atoms with van der Waals surface area (Å²) in [7, 11) is 0. The van der Waals surface area contributed by atoms with Crippen LogP contribution in [-0.2, 0) is 13.0 Å². The second kappa shape index (κ2) is 6.81. The maximum Gasteiger partial charge on any atom is 0.256 e. The van der Waals surface area contributed by atoms with E-state index in [2.05, 4.69) is 17.6 Å². The van der Waals surface area contributed by atoms with E-state index in [0.717, 1.165) is 42.2 Å². The molecule has 1 aromatic carbocycles. The zero-order chi connectivity index (χ0) is 18.3. The third kappa shape index (κ3) is 2.91. The Kier molecular flexibility index (Phi) is 4.50. The molecular formula is C19H24N3O3S+. The summed E-state index contributed by atoms with van der Waals surface area (Å²) in [6, 6.07) is 5.18. The molecule has 2 atom stereocenters. The van der Waals surface area contributed by atoms with Crippen LogP contribution >= 0.6 is 11.3 Å². The van der Waals surface area contributed by atoms with Crippen molar-refractivity contribution in [1.29, 1.82) is 0 Å². The van der Waals surface area contributed by atoms with Gasteiger partial charge in [-0.1, -0.05) is 6.07 Å². The van der Waals surface area contributed by atoms with Crippen molar-refractivity contribution < 1.29 is 19.5 Å². The normalized spacial score (nSPS) is 21.4. The zero-order valence-electron chi connectivity index (χ0n) is 15.0. The van der Waals surface area contributed by atoms with Crippen molar-refractivity contribution in [2.75, 3.05) is 25.0 Å². The summed E-state index contributed by atoms with van der Waals surface area (Å²) < 4.78 is 5.46. The summed E-state index contributed by atoms with van der Waals surface area (Å²) in [6.07, 6.45) is 0.627. The van der Waals surface area contributed by atoms with Gasteiger partial charge >= 0.3 is 0 Å². The number of rotatable bonds is 4. The Morgan fingerprint density at radius 3 is 2.96 bits per heavy atom. The number of phenolic OH excluding ortho intramolecular Hbond substituents is 1. The fourth-order valence-corrected chi connectivity index (χ4v) is 5.04. The predicted molar refractivity (Wildman–Crippen MR) is 101 cm³/mol. The molecule has 7 heteroatoms. The smallest absolute Gasteiger partial charge is 0.256 e. The molecule has 2 aliphatic heterocycles. The molecule has 0 spiro atoms. The molecule has 26 heavy (non-hydrogen) atoms. The molecule has 0 aliphatic carbocycles. The van der Waals surface area contributed by atoms with E-state index in [1.54, 1.807) is 34.4 Å². The van der Waals surface area contributed by atoms with Crippen molar-refractivity contribution in [3.63, 3.8) is 0 Å². The van der Waals surface area contributed by atoms with E-state index in [4.69, 9.17) is 4.74 Å². The van der Waals surface area contributed by atoms with E-state index < -0.39 is 0 Å². The van der Waals surface area contributed by atoms with Crippen LogP contribution in [0, 0.1) is 0 Å². The first-order valence-corrected chi connectivity index (χ1v) is 9.93. The Morgan fingerprint density at radius 2 is 2.19 bits per heavy atom. The average molecular weight is 374 g/mol. The first-order chi connectivity index (χ1) is 12.6. The number of quaternary nitrogens is 1. The van der Waals surface area contributed by atoms with Crippen molar-refractivity contribution in [2.24, 2.45) is 0 Å². The average Bonchev–Trinajstić information content (AvgIpc) is 3.01. The van der Waals surface area contributed by atoms with E-state index >= 15 is 0 Å². The monoisotopic (exact) mass is 374 g/mol. The van der Waals surface area contributed by atoms with Crippen molar-refractivity contribution >= 4 is 22.2 Å². The molecule has 1 amide bonds. The van der Waals surface area contributed by atoms with Crippen LogP contribution in [0.5, 0.6) is 11.5 Å². The number of likely N-dealkylation sites (N-methyl/N-ethyl adjacent to an activating group) is 1. The molecule has 3 heterocycles.